The normalized spacial score (nSPS) is 14.8. The minimum absolute atomic E-state index is 0.0496. The molecule has 3 aromatic carbocycles. The van der Waals surface area contributed by atoms with Gasteiger partial charge in [-0.15, -0.1) is 5.10 Å². The molecular weight excluding hydrogens is 436 g/mol. The largest absolute Gasteiger partial charge is 0.489 e. The molecule has 1 aliphatic heterocycles. The molecule has 5 rings (SSSR count). The monoisotopic (exact) mass is 454 g/mol. The maximum Gasteiger partial charge on any atom is 0.244 e. The van der Waals surface area contributed by atoms with Gasteiger partial charge in [0.15, 0.2) is 0 Å². The van der Waals surface area contributed by atoms with E-state index in [2.05, 4.69) is 16.3 Å². The number of hydrogen-bond donors (Lipinski definition) is 2. The van der Waals surface area contributed by atoms with Gasteiger partial charge in [-0.1, -0.05) is 66.2 Å². The lowest BCUT2D eigenvalue weighted by molar-refractivity contribution is 0.306. The van der Waals surface area contributed by atoms with Gasteiger partial charge in [0.1, 0.15) is 24.0 Å². The van der Waals surface area contributed by atoms with Crippen LogP contribution in [0.4, 0.5) is 0 Å². The van der Waals surface area contributed by atoms with E-state index in [1.807, 2.05) is 66.7 Å². The summed E-state index contributed by atoms with van der Waals surface area (Å²) in [5.74, 6) is 0.696. The van der Waals surface area contributed by atoms with E-state index in [0.717, 1.165) is 33.7 Å². The Balaban J connectivity index is 1.50. The summed E-state index contributed by atoms with van der Waals surface area (Å²) in [6, 6.07) is 27.2. The molecule has 0 spiro atoms. The van der Waals surface area contributed by atoms with Crippen molar-refractivity contribution < 1.29 is 9.47 Å². The number of allylic oxidation sites excluding steroid dienone is 1. The summed E-state index contributed by atoms with van der Waals surface area (Å²) in [4.78, 5) is 0. The number of aromatic amines is 1. The Morgan fingerprint density at radius 3 is 2.45 bits per heavy atom. The number of nitrogens with one attached hydrogen (secondary N) is 1. The SMILES string of the molecule is N#CC1=C(N)Oc2n[nH]c(-c3ccc(Cl)cc3)c2[C@H]1c1ccc(OCc2ccccc2)cc1. The van der Waals surface area contributed by atoms with Gasteiger partial charge in [-0.3, -0.25) is 5.10 Å². The van der Waals surface area contributed by atoms with Crippen molar-refractivity contribution in [2.75, 3.05) is 0 Å². The zero-order chi connectivity index (χ0) is 22.8. The number of ether oxygens (including phenoxy) is 2. The van der Waals surface area contributed by atoms with Gasteiger partial charge in [0.05, 0.1) is 17.2 Å². The molecule has 7 heteroatoms. The average molecular weight is 455 g/mol. The van der Waals surface area contributed by atoms with Gasteiger partial charge in [-0.2, -0.15) is 5.26 Å². The smallest absolute Gasteiger partial charge is 0.244 e. The second kappa shape index (κ2) is 8.73. The molecule has 1 atom stereocenters. The molecule has 0 aliphatic carbocycles. The van der Waals surface area contributed by atoms with Crippen molar-refractivity contribution in [1.82, 2.24) is 10.2 Å². The molecule has 2 heterocycles. The summed E-state index contributed by atoms with van der Waals surface area (Å²) < 4.78 is 11.6. The van der Waals surface area contributed by atoms with Gasteiger partial charge in [-0.25, -0.2) is 0 Å². The molecule has 0 amide bonds. The predicted octanol–water partition coefficient (Wildman–Crippen LogP) is 5.53. The molecule has 0 unspecified atom stereocenters. The van der Waals surface area contributed by atoms with E-state index in [4.69, 9.17) is 26.8 Å². The van der Waals surface area contributed by atoms with Crippen molar-refractivity contribution in [2.24, 2.45) is 5.73 Å². The molecule has 33 heavy (non-hydrogen) atoms. The predicted molar refractivity (Wildman–Crippen MR) is 126 cm³/mol. The van der Waals surface area contributed by atoms with Gasteiger partial charge in [0.2, 0.25) is 11.8 Å². The molecule has 0 saturated carbocycles. The molecule has 4 aromatic rings. The zero-order valence-electron chi connectivity index (χ0n) is 17.5. The van der Waals surface area contributed by atoms with Gasteiger partial charge in [-0.05, 0) is 35.4 Å². The molecule has 0 bridgehead atoms. The minimum Gasteiger partial charge on any atom is -0.489 e. The molecule has 0 fully saturated rings. The van der Waals surface area contributed by atoms with Crippen molar-refractivity contribution in [1.29, 1.82) is 5.26 Å². The second-order valence-corrected chi connectivity index (χ2v) is 8.03. The molecule has 1 aliphatic rings. The maximum atomic E-state index is 9.88. The van der Waals surface area contributed by atoms with E-state index in [1.165, 1.54) is 0 Å². The van der Waals surface area contributed by atoms with Gasteiger partial charge in [0, 0.05) is 10.6 Å². The van der Waals surface area contributed by atoms with E-state index < -0.39 is 5.92 Å². The van der Waals surface area contributed by atoms with Crippen LogP contribution in [0.2, 0.25) is 5.02 Å². The van der Waals surface area contributed by atoms with Crippen molar-refractivity contribution in [3.8, 4) is 29.0 Å². The first kappa shape index (κ1) is 20.7. The van der Waals surface area contributed by atoms with Crippen LogP contribution in [-0.4, -0.2) is 10.2 Å². The lowest BCUT2D eigenvalue weighted by Crippen LogP contribution is -2.21. The van der Waals surface area contributed by atoms with Crippen LogP contribution in [-0.2, 0) is 6.61 Å². The number of rotatable bonds is 5. The quantitative estimate of drug-likeness (QED) is 0.413. The minimum atomic E-state index is -0.439. The van der Waals surface area contributed by atoms with E-state index in [0.29, 0.717) is 23.1 Å². The second-order valence-electron chi connectivity index (χ2n) is 7.59. The molecule has 162 valence electrons. The van der Waals surface area contributed by atoms with Crippen molar-refractivity contribution in [3.63, 3.8) is 0 Å². The Kier molecular flexibility index (Phi) is 5.47. The molecular formula is C26H19ClN4O2. The highest BCUT2D eigenvalue weighted by Gasteiger charge is 2.35. The number of nitrogens with two attached hydrogens (primary N) is 1. The van der Waals surface area contributed by atoms with Crippen LogP contribution in [0.25, 0.3) is 11.3 Å². The fourth-order valence-electron chi connectivity index (χ4n) is 3.91. The molecule has 1 aromatic heterocycles. The van der Waals surface area contributed by atoms with E-state index in [9.17, 15) is 5.26 Å². The van der Waals surface area contributed by atoms with Gasteiger partial charge >= 0.3 is 0 Å². The highest BCUT2D eigenvalue weighted by Crippen LogP contribution is 2.45. The Labute approximate surface area is 195 Å². The summed E-state index contributed by atoms with van der Waals surface area (Å²) in [5, 5.41) is 17.8. The first-order valence-electron chi connectivity index (χ1n) is 10.3. The third-order valence-electron chi connectivity index (χ3n) is 5.53. The van der Waals surface area contributed by atoms with E-state index in [1.54, 1.807) is 12.1 Å². The summed E-state index contributed by atoms with van der Waals surface area (Å²) in [5.41, 5.74) is 10.8. The third-order valence-corrected chi connectivity index (χ3v) is 5.79. The Bertz CT molecular complexity index is 1350. The van der Waals surface area contributed by atoms with Gasteiger partial charge in [0.25, 0.3) is 0 Å². The number of nitriles is 1. The van der Waals surface area contributed by atoms with Crippen LogP contribution in [0, 0.1) is 11.3 Å². The summed E-state index contributed by atoms with van der Waals surface area (Å²) in [7, 11) is 0. The summed E-state index contributed by atoms with van der Waals surface area (Å²) >= 11 is 6.06. The third kappa shape index (κ3) is 4.02. The van der Waals surface area contributed by atoms with E-state index in [-0.39, 0.29) is 5.88 Å². The Morgan fingerprint density at radius 1 is 1.03 bits per heavy atom. The average Bonchev–Trinajstić information content (AvgIpc) is 3.26. The lowest BCUT2D eigenvalue weighted by Gasteiger charge is -2.24. The fourth-order valence-corrected chi connectivity index (χ4v) is 4.04. The van der Waals surface area contributed by atoms with E-state index >= 15 is 0 Å². The number of H-pyrrole nitrogens is 1. The summed E-state index contributed by atoms with van der Waals surface area (Å²) in [6.07, 6.45) is 0. The number of hydrogen-bond acceptors (Lipinski definition) is 5. The molecule has 0 saturated heterocycles. The van der Waals surface area contributed by atoms with Crippen molar-refractivity contribution >= 4 is 11.6 Å². The highest BCUT2D eigenvalue weighted by molar-refractivity contribution is 6.30. The number of benzene rings is 3. The fraction of sp³-hybridized carbons (Fsp3) is 0.0769. The number of fused-ring (bicyclic) bond motifs is 1. The molecule has 3 N–H and O–H groups in total. The molecule has 6 nitrogen and oxygen atoms in total. The maximum absolute atomic E-state index is 9.88. The number of halogens is 1. The van der Waals surface area contributed by atoms with Crippen LogP contribution in [0.3, 0.4) is 0 Å². The van der Waals surface area contributed by atoms with Crippen LogP contribution in [0.5, 0.6) is 11.6 Å². The van der Waals surface area contributed by atoms with Crippen LogP contribution >= 0.6 is 11.6 Å². The standard InChI is InChI=1S/C26H19ClN4O2/c27-19-10-6-18(7-11-19)24-23-22(21(14-28)25(29)33-26(23)31-30-24)17-8-12-20(13-9-17)32-15-16-4-2-1-3-5-16/h1-13,22H,15,29H2,(H,30,31)/t22-/m0/s1. The van der Waals surface area contributed by atoms with Crippen molar-refractivity contribution in [3.05, 3.63) is 112 Å². The number of nitrogens with zero attached hydrogens (tertiary/aromatic N) is 2. The van der Waals surface area contributed by atoms with Crippen LogP contribution in [0.15, 0.2) is 90.3 Å². The van der Waals surface area contributed by atoms with Gasteiger partial charge < -0.3 is 15.2 Å². The first-order valence-corrected chi connectivity index (χ1v) is 10.7. The topological polar surface area (TPSA) is 97.0 Å². The number of aromatic nitrogens is 2. The Hall–Kier alpha value is -4.21. The first-order chi connectivity index (χ1) is 16.1. The zero-order valence-corrected chi connectivity index (χ0v) is 18.2. The Morgan fingerprint density at radius 2 is 1.76 bits per heavy atom. The highest BCUT2D eigenvalue weighted by atomic mass is 35.5. The summed E-state index contributed by atoms with van der Waals surface area (Å²) in [6.45, 7) is 0.473. The van der Waals surface area contributed by atoms with Crippen molar-refractivity contribution in [2.45, 2.75) is 12.5 Å². The molecule has 0 radical (unpaired) electrons. The van der Waals surface area contributed by atoms with Crippen LogP contribution < -0.4 is 15.2 Å². The lowest BCUT2D eigenvalue weighted by atomic mass is 9.83. The van der Waals surface area contributed by atoms with Crippen LogP contribution in [0.1, 0.15) is 22.6 Å².